The Morgan fingerprint density at radius 2 is 1.85 bits per heavy atom. The molecule has 2 aromatic carbocycles. The van der Waals surface area contributed by atoms with Crippen LogP contribution < -0.4 is 14.8 Å². The van der Waals surface area contributed by atoms with E-state index < -0.39 is 0 Å². The second-order valence-corrected chi connectivity index (χ2v) is 6.27. The maximum atomic E-state index is 12.5. The van der Waals surface area contributed by atoms with Crippen LogP contribution in [-0.4, -0.2) is 24.1 Å². The van der Waals surface area contributed by atoms with Gasteiger partial charge in [-0.3, -0.25) is 9.78 Å². The normalized spacial score (nSPS) is 10.6. The van der Waals surface area contributed by atoms with Crippen molar-refractivity contribution < 1.29 is 14.3 Å². The summed E-state index contributed by atoms with van der Waals surface area (Å²) in [4.78, 5) is 16.9. The summed E-state index contributed by atoms with van der Waals surface area (Å²) in [6, 6.07) is 12.7. The zero-order chi connectivity index (χ0) is 19.2. The van der Waals surface area contributed by atoms with Gasteiger partial charge in [0.15, 0.2) is 11.5 Å². The molecule has 0 saturated heterocycles. The lowest BCUT2D eigenvalue weighted by Crippen LogP contribution is -2.15. The van der Waals surface area contributed by atoms with E-state index >= 15 is 0 Å². The molecule has 0 fully saturated rings. The zero-order valence-corrected chi connectivity index (χ0v) is 16.0. The summed E-state index contributed by atoms with van der Waals surface area (Å²) in [6.07, 6.45) is 1.89. The molecule has 3 rings (SSSR count). The lowest BCUT2D eigenvalue weighted by atomic mass is 10.1. The minimum absolute atomic E-state index is 0.143. The summed E-state index contributed by atoms with van der Waals surface area (Å²) in [7, 11) is 0. The van der Waals surface area contributed by atoms with Gasteiger partial charge in [-0.1, -0.05) is 17.7 Å². The molecular formula is C21H21ClN2O3. The van der Waals surface area contributed by atoms with E-state index in [4.69, 9.17) is 21.1 Å². The molecule has 1 amide bonds. The summed E-state index contributed by atoms with van der Waals surface area (Å²) < 4.78 is 11.2. The number of rotatable bonds is 7. The van der Waals surface area contributed by atoms with Crippen LogP contribution in [-0.2, 0) is 11.2 Å². The molecule has 0 aliphatic heterocycles. The smallest absolute Gasteiger partial charge is 0.228 e. The van der Waals surface area contributed by atoms with Crippen molar-refractivity contribution >= 4 is 34.1 Å². The van der Waals surface area contributed by atoms with Gasteiger partial charge in [0.2, 0.25) is 5.91 Å². The summed E-state index contributed by atoms with van der Waals surface area (Å²) in [6.45, 7) is 4.91. The predicted octanol–water partition coefficient (Wildman–Crippen LogP) is 4.87. The number of hydrogen-bond donors (Lipinski definition) is 1. The molecule has 0 unspecified atom stereocenters. The largest absolute Gasteiger partial charge is 0.490 e. The highest BCUT2D eigenvalue weighted by atomic mass is 35.5. The van der Waals surface area contributed by atoms with Gasteiger partial charge in [-0.25, -0.2) is 0 Å². The summed E-state index contributed by atoms with van der Waals surface area (Å²) in [5.74, 6) is 1.18. The van der Waals surface area contributed by atoms with Crippen LogP contribution in [0.4, 0.5) is 5.69 Å². The first-order valence-electron chi connectivity index (χ1n) is 8.84. The highest BCUT2D eigenvalue weighted by Crippen LogP contribution is 2.30. The Balaban J connectivity index is 1.78. The van der Waals surface area contributed by atoms with Crippen molar-refractivity contribution in [3.05, 3.63) is 59.2 Å². The van der Waals surface area contributed by atoms with Crippen LogP contribution in [0.15, 0.2) is 48.7 Å². The average Bonchev–Trinajstić information content (AvgIpc) is 2.67. The number of amides is 1. The first-order chi connectivity index (χ1) is 13.1. The summed E-state index contributed by atoms with van der Waals surface area (Å²) >= 11 is 6.20. The summed E-state index contributed by atoms with van der Waals surface area (Å²) in [5.41, 5.74) is 2.14. The number of hydrogen-bond acceptors (Lipinski definition) is 4. The number of carbonyl (C=O) groups is 1. The second kappa shape index (κ2) is 8.73. The molecule has 1 heterocycles. The number of halogens is 1. The van der Waals surface area contributed by atoms with Crippen LogP contribution in [0, 0.1) is 0 Å². The highest BCUT2D eigenvalue weighted by molar-refractivity contribution is 6.35. The highest BCUT2D eigenvalue weighted by Gasteiger charge is 2.12. The van der Waals surface area contributed by atoms with Crippen molar-refractivity contribution in [3.63, 3.8) is 0 Å². The Morgan fingerprint density at radius 1 is 1.07 bits per heavy atom. The number of nitrogens with one attached hydrogen (secondary N) is 1. The van der Waals surface area contributed by atoms with Crippen molar-refractivity contribution in [3.8, 4) is 11.5 Å². The van der Waals surface area contributed by atoms with Gasteiger partial charge in [0.25, 0.3) is 0 Å². The zero-order valence-electron chi connectivity index (χ0n) is 15.3. The molecule has 0 aliphatic rings. The molecule has 5 nitrogen and oxygen atoms in total. The lowest BCUT2D eigenvalue weighted by molar-refractivity contribution is -0.115. The molecule has 27 heavy (non-hydrogen) atoms. The minimum atomic E-state index is -0.143. The lowest BCUT2D eigenvalue weighted by Gasteiger charge is -2.13. The monoisotopic (exact) mass is 384 g/mol. The maximum absolute atomic E-state index is 12.5. The Kier molecular flexibility index (Phi) is 6.14. The van der Waals surface area contributed by atoms with Crippen LogP contribution in [0.3, 0.4) is 0 Å². The van der Waals surface area contributed by atoms with Gasteiger partial charge in [-0.15, -0.1) is 0 Å². The fraction of sp³-hybridized carbons (Fsp3) is 0.238. The Hall–Kier alpha value is -2.79. The first-order valence-corrected chi connectivity index (χ1v) is 9.21. The van der Waals surface area contributed by atoms with Crippen LogP contribution in [0.1, 0.15) is 19.4 Å². The molecule has 0 bridgehead atoms. The van der Waals surface area contributed by atoms with Crippen molar-refractivity contribution in [2.45, 2.75) is 20.3 Å². The first kappa shape index (κ1) is 19.0. The number of nitrogens with zero attached hydrogens (tertiary/aromatic N) is 1. The quantitative estimate of drug-likeness (QED) is 0.631. The van der Waals surface area contributed by atoms with Gasteiger partial charge in [0, 0.05) is 11.6 Å². The molecule has 0 saturated carbocycles. The van der Waals surface area contributed by atoms with E-state index in [1.807, 2.05) is 44.2 Å². The molecule has 0 radical (unpaired) electrons. The van der Waals surface area contributed by atoms with Crippen LogP contribution >= 0.6 is 11.6 Å². The van der Waals surface area contributed by atoms with Crippen molar-refractivity contribution in [1.82, 2.24) is 4.98 Å². The van der Waals surface area contributed by atoms with E-state index in [0.29, 0.717) is 40.9 Å². The molecular weight excluding hydrogens is 364 g/mol. The van der Waals surface area contributed by atoms with E-state index in [1.165, 1.54) is 0 Å². The van der Waals surface area contributed by atoms with E-state index in [9.17, 15) is 4.79 Å². The standard InChI is InChI=1S/C21H21ClN2O3/c1-3-26-18-10-7-14(12-19(18)27-4-2)13-20(25)24-17-9-8-16(22)15-6-5-11-23-21(15)17/h5-12H,3-4,13H2,1-2H3,(H,24,25). The van der Waals surface area contributed by atoms with Crippen molar-refractivity contribution in [1.29, 1.82) is 0 Å². The third kappa shape index (κ3) is 4.49. The van der Waals surface area contributed by atoms with Gasteiger partial charge in [-0.2, -0.15) is 0 Å². The number of aromatic nitrogens is 1. The average molecular weight is 385 g/mol. The second-order valence-electron chi connectivity index (χ2n) is 5.87. The number of pyridine rings is 1. The van der Waals surface area contributed by atoms with Crippen molar-refractivity contribution in [2.75, 3.05) is 18.5 Å². The van der Waals surface area contributed by atoms with E-state index in [1.54, 1.807) is 18.3 Å². The fourth-order valence-corrected chi connectivity index (χ4v) is 3.04. The van der Waals surface area contributed by atoms with E-state index in [2.05, 4.69) is 10.3 Å². The number of ether oxygens (including phenoxy) is 2. The molecule has 0 aliphatic carbocycles. The minimum Gasteiger partial charge on any atom is -0.490 e. The van der Waals surface area contributed by atoms with Gasteiger partial charge < -0.3 is 14.8 Å². The predicted molar refractivity (Wildman–Crippen MR) is 108 cm³/mol. The topological polar surface area (TPSA) is 60.5 Å². The number of carbonyl (C=O) groups excluding carboxylic acids is 1. The number of fused-ring (bicyclic) bond motifs is 1. The maximum Gasteiger partial charge on any atom is 0.228 e. The SMILES string of the molecule is CCOc1ccc(CC(=O)Nc2ccc(Cl)c3cccnc23)cc1OCC. The summed E-state index contributed by atoms with van der Waals surface area (Å²) in [5, 5.41) is 4.32. The molecule has 6 heteroatoms. The third-order valence-corrected chi connectivity index (χ3v) is 4.29. The van der Waals surface area contributed by atoms with Crippen molar-refractivity contribution in [2.24, 2.45) is 0 Å². The molecule has 1 aromatic heterocycles. The molecule has 0 atom stereocenters. The number of anilines is 1. The van der Waals surface area contributed by atoms with Crippen LogP contribution in [0.5, 0.6) is 11.5 Å². The third-order valence-electron chi connectivity index (χ3n) is 3.96. The van der Waals surface area contributed by atoms with Gasteiger partial charge >= 0.3 is 0 Å². The molecule has 1 N–H and O–H groups in total. The molecule has 0 spiro atoms. The Bertz CT molecular complexity index is 959. The van der Waals surface area contributed by atoms with E-state index in [-0.39, 0.29) is 12.3 Å². The fourth-order valence-electron chi connectivity index (χ4n) is 2.82. The van der Waals surface area contributed by atoms with Crippen LogP contribution in [0.25, 0.3) is 10.9 Å². The Morgan fingerprint density at radius 3 is 2.63 bits per heavy atom. The van der Waals surface area contributed by atoms with Gasteiger partial charge in [0.1, 0.15) is 0 Å². The number of benzene rings is 2. The van der Waals surface area contributed by atoms with Crippen LogP contribution in [0.2, 0.25) is 5.02 Å². The van der Waals surface area contributed by atoms with E-state index in [0.717, 1.165) is 10.9 Å². The molecule has 140 valence electrons. The molecule has 3 aromatic rings. The van der Waals surface area contributed by atoms with Gasteiger partial charge in [0.05, 0.1) is 35.9 Å². The Labute approximate surface area is 163 Å². The van der Waals surface area contributed by atoms with Gasteiger partial charge in [-0.05, 0) is 55.8 Å².